The summed E-state index contributed by atoms with van der Waals surface area (Å²) in [6.07, 6.45) is 1.78. The Labute approximate surface area is 209 Å². The number of nitrogens with zero attached hydrogens (tertiary/aromatic N) is 3. The van der Waals surface area contributed by atoms with Gasteiger partial charge in [0.25, 0.3) is 0 Å². The number of phenolic OH excluding ortho intramolecular Hbond substituents is 1. The standard InChI is InChI=1S/C24H29Cl2N5O3/c1-2-17-14-28(15-22(17)31(34)27-19-6-7-23(32)21(26)13-19)16-24(33)30-10-8-29(9-11-30)20-5-3-4-18(25)12-20/h2-7,12-13,17,22,27,31-32H,1,8-11,14-16H2/t17-,22-/m0/s1. The maximum absolute atomic E-state index is 13.0. The molecule has 2 saturated heterocycles. The van der Waals surface area contributed by atoms with E-state index in [4.69, 9.17) is 23.2 Å². The molecule has 0 aliphatic carbocycles. The average molecular weight is 506 g/mol. The summed E-state index contributed by atoms with van der Waals surface area (Å²) in [6, 6.07) is 12.0. The number of likely N-dealkylation sites (tertiary alicyclic amines) is 1. The van der Waals surface area contributed by atoms with Crippen LogP contribution in [0.5, 0.6) is 5.75 Å². The van der Waals surface area contributed by atoms with Crippen LogP contribution < -0.4 is 15.5 Å². The van der Waals surface area contributed by atoms with Crippen LogP contribution >= 0.6 is 23.2 Å². The Balaban J connectivity index is 1.29. The van der Waals surface area contributed by atoms with Gasteiger partial charge in [-0.1, -0.05) is 35.3 Å². The fourth-order valence-electron chi connectivity index (χ4n) is 4.56. The second-order valence-corrected chi connectivity index (χ2v) is 9.55. The van der Waals surface area contributed by atoms with Gasteiger partial charge in [0.15, 0.2) is 0 Å². The van der Waals surface area contributed by atoms with Gasteiger partial charge in [-0.15, -0.1) is 6.58 Å². The van der Waals surface area contributed by atoms with E-state index in [2.05, 4.69) is 16.9 Å². The normalized spacial score (nSPS) is 22.0. The third kappa shape index (κ3) is 5.76. The van der Waals surface area contributed by atoms with Gasteiger partial charge in [-0.25, -0.2) is 5.43 Å². The summed E-state index contributed by atoms with van der Waals surface area (Å²) >= 11 is 12.0. The predicted octanol–water partition coefficient (Wildman–Crippen LogP) is 2.24. The summed E-state index contributed by atoms with van der Waals surface area (Å²) in [5, 5.41) is 23.2. The van der Waals surface area contributed by atoms with Crippen molar-refractivity contribution in [3.8, 4) is 5.75 Å². The first-order chi connectivity index (χ1) is 16.3. The Morgan fingerprint density at radius 2 is 1.94 bits per heavy atom. The quantitative estimate of drug-likeness (QED) is 0.304. The topological polar surface area (TPSA) is 86.6 Å². The molecule has 1 unspecified atom stereocenters. The van der Waals surface area contributed by atoms with Crippen LogP contribution in [0.1, 0.15) is 0 Å². The van der Waals surface area contributed by atoms with E-state index in [0.29, 0.717) is 36.9 Å². The van der Waals surface area contributed by atoms with E-state index in [9.17, 15) is 15.1 Å². The third-order valence-corrected chi connectivity index (χ3v) is 7.00. The first-order valence-electron chi connectivity index (χ1n) is 11.3. The van der Waals surface area contributed by atoms with Crippen molar-refractivity contribution in [3.05, 3.63) is 70.4 Å². The summed E-state index contributed by atoms with van der Waals surface area (Å²) in [4.78, 5) is 19.1. The van der Waals surface area contributed by atoms with Crippen molar-refractivity contribution in [3.63, 3.8) is 0 Å². The van der Waals surface area contributed by atoms with E-state index >= 15 is 0 Å². The fourth-order valence-corrected chi connectivity index (χ4v) is 4.92. The van der Waals surface area contributed by atoms with Crippen LogP contribution in [0.25, 0.3) is 0 Å². The molecular weight excluding hydrogens is 477 g/mol. The number of hydroxylamine groups is 1. The zero-order chi connectivity index (χ0) is 24.2. The molecule has 1 amide bonds. The molecule has 0 saturated carbocycles. The summed E-state index contributed by atoms with van der Waals surface area (Å²) in [7, 11) is 0. The minimum Gasteiger partial charge on any atom is -0.608 e. The Morgan fingerprint density at radius 3 is 2.62 bits per heavy atom. The van der Waals surface area contributed by atoms with Gasteiger partial charge in [0.1, 0.15) is 11.8 Å². The van der Waals surface area contributed by atoms with Gasteiger partial charge in [0.05, 0.1) is 23.8 Å². The molecular formula is C24H29Cl2N5O3. The molecule has 182 valence electrons. The second-order valence-electron chi connectivity index (χ2n) is 8.70. The highest BCUT2D eigenvalue weighted by molar-refractivity contribution is 6.32. The van der Waals surface area contributed by atoms with Crippen LogP contribution in [-0.4, -0.2) is 72.7 Å². The number of hydrogen-bond acceptors (Lipinski definition) is 6. The van der Waals surface area contributed by atoms with E-state index in [-0.39, 0.29) is 40.4 Å². The van der Waals surface area contributed by atoms with E-state index in [0.717, 1.165) is 18.8 Å². The number of halogens is 2. The van der Waals surface area contributed by atoms with Crippen molar-refractivity contribution in [2.45, 2.75) is 6.04 Å². The largest absolute Gasteiger partial charge is 0.608 e. The SMILES string of the molecule is C=C[C@H]1CN(CC(=O)N2CCN(c3cccc(Cl)c3)CC2)C[C@@H]1[NH+]([O-])Nc1ccc(O)c(Cl)c1. The molecule has 2 aromatic rings. The molecule has 4 rings (SSSR count). The summed E-state index contributed by atoms with van der Waals surface area (Å²) < 4.78 is 0. The van der Waals surface area contributed by atoms with Crippen LogP contribution in [0.15, 0.2) is 55.1 Å². The lowest BCUT2D eigenvalue weighted by molar-refractivity contribution is -0.853. The Kier molecular flexibility index (Phi) is 7.85. The van der Waals surface area contributed by atoms with Gasteiger partial charge in [-0.2, -0.15) is 0 Å². The smallest absolute Gasteiger partial charge is 0.236 e. The van der Waals surface area contributed by atoms with Crippen LogP contribution in [0.2, 0.25) is 10.0 Å². The van der Waals surface area contributed by atoms with Crippen LogP contribution in [-0.2, 0) is 4.79 Å². The first-order valence-corrected chi connectivity index (χ1v) is 12.0. The molecule has 34 heavy (non-hydrogen) atoms. The molecule has 3 N–H and O–H groups in total. The molecule has 8 nitrogen and oxygen atoms in total. The highest BCUT2D eigenvalue weighted by atomic mass is 35.5. The zero-order valence-corrected chi connectivity index (χ0v) is 20.3. The Bertz CT molecular complexity index is 1030. The highest BCUT2D eigenvalue weighted by Gasteiger charge is 2.37. The number of anilines is 2. The zero-order valence-electron chi connectivity index (χ0n) is 18.8. The van der Waals surface area contributed by atoms with Crippen molar-refractivity contribution < 1.29 is 15.1 Å². The first kappa shape index (κ1) is 24.6. The molecule has 0 bridgehead atoms. The lowest BCUT2D eigenvalue weighted by atomic mass is 10.1. The maximum atomic E-state index is 13.0. The molecule has 2 fully saturated rings. The Morgan fingerprint density at radius 1 is 1.18 bits per heavy atom. The monoisotopic (exact) mass is 505 g/mol. The number of benzene rings is 2. The molecule has 2 aliphatic heterocycles. The number of nitrogens with one attached hydrogen (secondary N) is 2. The number of carbonyl (C=O) groups is 1. The van der Waals surface area contributed by atoms with Gasteiger partial charge in [0.2, 0.25) is 5.91 Å². The van der Waals surface area contributed by atoms with Gasteiger partial charge >= 0.3 is 0 Å². The van der Waals surface area contributed by atoms with Gasteiger partial charge in [0, 0.05) is 49.4 Å². The van der Waals surface area contributed by atoms with Crippen molar-refractivity contribution in [2.24, 2.45) is 5.92 Å². The van der Waals surface area contributed by atoms with E-state index in [1.807, 2.05) is 34.1 Å². The van der Waals surface area contributed by atoms with Crippen LogP contribution in [0.4, 0.5) is 11.4 Å². The fraction of sp³-hybridized carbons (Fsp3) is 0.375. The predicted molar refractivity (Wildman–Crippen MR) is 135 cm³/mol. The van der Waals surface area contributed by atoms with E-state index < -0.39 is 0 Å². The number of hydrogen-bond donors (Lipinski definition) is 3. The van der Waals surface area contributed by atoms with Crippen molar-refractivity contribution in [2.75, 3.05) is 56.1 Å². The molecule has 10 heteroatoms. The minimum atomic E-state index is -0.322. The lowest BCUT2D eigenvalue weighted by Crippen LogP contribution is -3.15. The summed E-state index contributed by atoms with van der Waals surface area (Å²) in [5.41, 5.74) is 4.44. The molecule has 2 heterocycles. The van der Waals surface area contributed by atoms with E-state index in [1.54, 1.807) is 12.1 Å². The number of phenols is 1. The van der Waals surface area contributed by atoms with E-state index in [1.165, 1.54) is 12.1 Å². The Hall–Kier alpha value is -2.49. The highest BCUT2D eigenvalue weighted by Crippen LogP contribution is 2.26. The molecule has 3 atom stereocenters. The molecule has 0 radical (unpaired) electrons. The lowest BCUT2D eigenvalue weighted by Gasteiger charge is -2.36. The summed E-state index contributed by atoms with van der Waals surface area (Å²) in [5.74, 6) is -0.0254. The maximum Gasteiger partial charge on any atom is 0.236 e. The minimum absolute atomic E-state index is 0.0393. The molecule has 0 spiro atoms. The molecule has 2 aromatic carbocycles. The van der Waals surface area contributed by atoms with Gasteiger partial charge in [-0.05, 0) is 36.4 Å². The average Bonchev–Trinajstić information content (AvgIpc) is 3.24. The number of rotatable bonds is 7. The number of carbonyl (C=O) groups excluding carboxylic acids is 1. The summed E-state index contributed by atoms with van der Waals surface area (Å²) in [6.45, 7) is 8.04. The van der Waals surface area contributed by atoms with Crippen LogP contribution in [0.3, 0.4) is 0 Å². The number of quaternary nitrogens is 1. The second kappa shape index (κ2) is 10.8. The van der Waals surface area contributed by atoms with Crippen LogP contribution in [0, 0.1) is 11.1 Å². The van der Waals surface area contributed by atoms with Crippen molar-refractivity contribution >= 4 is 40.5 Å². The molecule has 0 aromatic heterocycles. The van der Waals surface area contributed by atoms with Gasteiger partial charge in [-0.3, -0.25) is 14.9 Å². The number of piperazine rings is 1. The van der Waals surface area contributed by atoms with Crippen molar-refractivity contribution in [1.82, 2.24) is 9.80 Å². The number of amides is 1. The van der Waals surface area contributed by atoms with Gasteiger partial charge < -0.3 is 20.1 Å². The van der Waals surface area contributed by atoms with Crippen molar-refractivity contribution in [1.29, 1.82) is 0 Å². The number of aromatic hydroxyl groups is 1. The molecule has 2 aliphatic rings. The third-order valence-electron chi connectivity index (χ3n) is 6.46.